The summed E-state index contributed by atoms with van der Waals surface area (Å²) in [6.07, 6.45) is 4.90. The number of carbonyl (C=O) groups is 1. The Morgan fingerprint density at radius 2 is 1.91 bits per heavy atom. The van der Waals surface area contributed by atoms with Crippen molar-refractivity contribution in [2.75, 3.05) is 37.7 Å². The highest BCUT2D eigenvalue weighted by Crippen LogP contribution is 2.20. The zero-order valence-corrected chi connectivity index (χ0v) is 19.3. The first-order chi connectivity index (χ1) is 15.9. The minimum atomic E-state index is -3.87. The normalized spacial score (nSPS) is 23.6. The van der Waals surface area contributed by atoms with Gasteiger partial charge in [0.1, 0.15) is 6.10 Å². The number of hydrogen-bond donors (Lipinski definition) is 2. The van der Waals surface area contributed by atoms with Gasteiger partial charge in [-0.25, -0.2) is 18.1 Å². The highest BCUT2D eigenvalue weighted by atomic mass is 32.2. The number of anilines is 1. The molecule has 178 valence electrons. The number of nitrogens with one attached hydrogen (secondary N) is 1. The minimum Gasteiger partial charge on any atom is -0.394 e. The van der Waals surface area contributed by atoms with Crippen molar-refractivity contribution in [3.8, 4) is 0 Å². The van der Waals surface area contributed by atoms with E-state index < -0.39 is 28.3 Å². The predicted octanol–water partition coefficient (Wildman–Crippen LogP) is 0.122. The molecule has 2 aliphatic heterocycles. The first-order valence-corrected chi connectivity index (χ1v) is 12.4. The Labute approximate surface area is 193 Å². The van der Waals surface area contributed by atoms with E-state index >= 15 is 0 Å². The van der Waals surface area contributed by atoms with Crippen LogP contribution in [0.1, 0.15) is 6.42 Å². The van der Waals surface area contributed by atoms with E-state index in [2.05, 4.69) is 26.7 Å². The first-order valence-electron chi connectivity index (χ1n) is 10.9. The summed E-state index contributed by atoms with van der Waals surface area (Å²) in [6.45, 7) is 2.38. The Kier molecular flexibility index (Phi) is 7.13. The number of nitrogens with zero attached hydrogens (tertiary/aromatic N) is 4. The lowest BCUT2D eigenvalue weighted by atomic mass is 10.1. The molecule has 0 unspecified atom stereocenters. The van der Waals surface area contributed by atoms with Crippen LogP contribution in [-0.4, -0.2) is 84.9 Å². The smallest absolute Gasteiger partial charge is 0.260 e. The molecule has 3 heterocycles. The maximum atomic E-state index is 12.8. The summed E-state index contributed by atoms with van der Waals surface area (Å²) in [5, 5.41) is 9.65. The monoisotopic (exact) mass is 475 g/mol. The molecule has 1 fully saturated rings. The van der Waals surface area contributed by atoms with E-state index in [9.17, 15) is 18.3 Å². The Morgan fingerprint density at radius 1 is 1.18 bits per heavy atom. The van der Waals surface area contributed by atoms with Crippen molar-refractivity contribution < 1.29 is 23.1 Å². The van der Waals surface area contributed by atoms with Crippen LogP contribution in [0.3, 0.4) is 0 Å². The van der Waals surface area contributed by atoms with Crippen LogP contribution < -0.4 is 9.62 Å². The molecular weight excluding hydrogens is 446 g/mol. The van der Waals surface area contributed by atoms with Gasteiger partial charge < -0.3 is 24.2 Å². The molecule has 1 aromatic carbocycles. The van der Waals surface area contributed by atoms with Crippen LogP contribution in [0.4, 0.5) is 5.69 Å². The van der Waals surface area contributed by atoms with Crippen LogP contribution in [0.5, 0.6) is 0 Å². The summed E-state index contributed by atoms with van der Waals surface area (Å²) >= 11 is 0. The molecule has 1 aromatic heterocycles. The van der Waals surface area contributed by atoms with Crippen molar-refractivity contribution in [3.63, 3.8) is 0 Å². The van der Waals surface area contributed by atoms with Gasteiger partial charge in [0.15, 0.2) is 5.03 Å². The van der Waals surface area contributed by atoms with Gasteiger partial charge in [0, 0.05) is 45.1 Å². The Bertz CT molecular complexity index is 1080. The molecule has 10 nitrogen and oxygen atoms in total. The van der Waals surface area contributed by atoms with Crippen molar-refractivity contribution in [2.24, 2.45) is 7.05 Å². The number of hydrogen-bond acceptors (Lipinski definition) is 7. The number of para-hydroxylation sites is 1. The molecule has 2 aliphatic rings. The standard InChI is InChI=1S/C22H29N5O5S/c1-25-14-21(23-16-25)33(30,31)24-19-8-7-18(32-20(19)15-28)13-22(29)27-11-9-26(10-12-27)17-5-3-2-4-6-17/h2-8,14,16,18-20,24,28H,9-13,15H2,1H3/t18-,19+,20+/m0/s1. The Balaban J connectivity index is 1.32. The van der Waals surface area contributed by atoms with Gasteiger partial charge >= 0.3 is 0 Å². The van der Waals surface area contributed by atoms with Crippen LogP contribution in [0.25, 0.3) is 0 Å². The van der Waals surface area contributed by atoms with E-state index in [0.29, 0.717) is 13.1 Å². The predicted molar refractivity (Wildman–Crippen MR) is 122 cm³/mol. The maximum absolute atomic E-state index is 12.8. The summed E-state index contributed by atoms with van der Waals surface area (Å²) in [5.74, 6) is -0.0263. The van der Waals surface area contributed by atoms with Crippen molar-refractivity contribution in [3.05, 3.63) is 55.0 Å². The molecule has 2 aromatic rings. The third-order valence-corrected chi connectivity index (χ3v) is 7.18. The average Bonchev–Trinajstić information content (AvgIpc) is 3.28. The molecule has 0 spiro atoms. The number of aliphatic hydroxyl groups excluding tert-OH is 1. The molecule has 33 heavy (non-hydrogen) atoms. The topological polar surface area (TPSA) is 117 Å². The molecule has 0 saturated carbocycles. The Morgan fingerprint density at radius 3 is 2.55 bits per heavy atom. The summed E-state index contributed by atoms with van der Waals surface area (Å²) in [4.78, 5) is 20.7. The second-order valence-corrected chi connectivity index (χ2v) is 9.87. The van der Waals surface area contributed by atoms with Crippen LogP contribution in [0, 0.1) is 0 Å². The van der Waals surface area contributed by atoms with E-state index in [-0.39, 0.29) is 24.0 Å². The molecule has 1 saturated heterocycles. The largest absolute Gasteiger partial charge is 0.394 e. The number of imidazole rings is 1. The summed E-state index contributed by atoms with van der Waals surface area (Å²) in [7, 11) is -2.20. The fourth-order valence-corrected chi connectivity index (χ4v) is 5.23. The molecule has 3 atom stereocenters. The van der Waals surface area contributed by atoms with E-state index in [1.54, 1.807) is 19.2 Å². The molecule has 1 amide bonds. The van der Waals surface area contributed by atoms with Gasteiger partial charge in [-0.3, -0.25) is 4.79 Å². The van der Waals surface area contributed by atoms with Gasteiger partial charge in [-0.2, -0.15) is 0 Å². The number of sulfonamides is 1. The van der Waals surface area contributed by atoms with E-state index in [4.69, 9.17) is 4.74 Å². The third kappa shape index (κ3) is 5.61. The lowest BCUT2D eigenvalue weighted by molar-refractivity contribution is -0.135. The van der Waals surface area contributed by atoms with Crippen molar-refractivity contribution in [2.45, 2.75) is 29.7 Å². The van der Waals surface area contributed by atoms with Crippen LogP contribution in [0.15, 0.2) is 60.0 Å². The lowest BCUT2D eigenvalue weighted by Crippen LogP contribution is -2.51. The number of carbonyl (C=O) groups excluding carboxylic acids is 1. The zero-order valence-electron chi connectivity index (χ0n) is 18.4. The molecule has 11 heteroatoms. The molecular formula is C22H29N5O5S. The molecule has 0 aliphatic carbocycles. The van der Waals surface area contributed by atoms with Crippen LogP contribution in [0.2, 0.25) is 0 Å². The number of aliphatic hydroxyl groups is 1. The highest BCUT2D eigenvalue weighted by molar-refractivity contribution is 7.89. The first kappa shape index (κ1) is 23.4. The summed E-state index contributed by atoms with van der Waals surface area (Å²) in [5.41, 5.74) is 1.15. The van der Waals surface area contributed by atoms with Crippen molar-refractivity contribution >= 4 is 21.6 Å². The SMILES string of the molecule is Cn1cnc(S(=O)(=O)N[C@@H]2C=C[C@@H](CC(=O)N3CCN(c4ccccc4)CC3)O[C@@H]2CO)c1. The van der Waals surface area contributed by atoms with Crippen LogP contribution in [-0.2, 0) is 26.6 Å². The maximum Gasteiger partial charge on any atom is 0.260 e. The summed E-state index contributed by atoms with van der Waals surface area (Å²) < 4.78 is 35.0. The molecule has 0 bridgehead atoms. The Hall–Kier alpha value is -2.73. The quantitative estimate of drug-likeness (QED) is 0.547. The molecule has 4 rings (SSSR count). The average molecular weight is 476 g/mol. The number of amides is 1. The number of benzene rings is 1. The number of rotatable bonds is 7. The van der Waals surface area contributed by atoms with Crippen molar-refractivity contribution in [1.82, 2.24) is 19.2 Å². The summed E-state index contributed by atoms with van der Waals surface area (Å²) in [6, 6.07) is 9.34. The fourth-order valence-electron chi connectivity index (χ4n) is 4.03. The molecule has 2 N–H and O–H groups in total. The second kappa shape index (κ2) is 10.0. The third-order valence-electron chi connectivity index (χ3n) is 5.84. The van der Waals surface area contributed by atoms with Gasteiger partial charge in [0.25, 0.3) is 10.0 Å². The van der Waals surface area contributed by atoms with E-state index in [0.717, 1.165) is 18.8 Å². The van der Waals surface area contributed by atoms with Gasteiger partial charge in [-0.1, -0.05) is 30.4 Å². The zero-order chi connectivity index (χ0) is 23.4. The van der Waals surface area contributed by atoms with Gasteiger partial charge in [-0.15, -0.1) is 0 Å². The second-order valence-electron chi connectivity index (χ2n) is 8.21. The highest BCUT2D eigenvalue weighted by Gasteiger charge is 2.33. The van der Waals surface area contributed by atoms with Gasteiger partial charge in [0.2, 0.25) is 5.91 Å². The number of ether oxygens (including phenoxy) is 1. The van der Waals surface area contributed by atoms with E-state index in [1.807, 2.05) is 23.1 Å². The van der Waals surface area contributed by atoms with E-state index in [1.165, 1.54) is 17.1 Å². The number of aromatic nitrogens is 2. The lowest BCUT2D eigenvalue weighted by Gasteiger charge is -2.37. The van der Waals surface area contributed by atoms with Crippen molar-refractivity contribution in [1.29, 1.82) is 0 Å². The molecule has 0 radical (unpaired) electrons. The number of piperazine rings is 1. The van der Waals surface area contributed by atoms with Gasteiger partial charge in [0.05, 0.1) is 31.5 Å². The minimum absolute atomic E-state index is 0.0263. The van der Waals surface area contributed by atoms with Gasteiger partial charge in [-0.05, 0) is 12.1 Å². The van der Waals surface area contributed by atoms with Crippen LogP contribution >= 0.6 is 0 Å². The fraction of sp³-hybridized carbons (Fsp3) is 0.455. The number of aryl methyl sites for hydroxylation is 1.